The Bertz CT molecular complexity index is 563. The fourth-order valence-electron chi connectivity index (χ4n) is 2.11. The Balaban J connectivity index is 0.00000361. The van der Waals surface area contributed by atoms with Crippen molar-refractivity contribution < 1.29 is 13.2 Å². The molecular weight excluding hydrogens is 298 g/mol. The predicted molar refractivity (Wildman–Crippen MR) is 83.5 cm³/mol. The van der Waals surface area contributed by atoms with Crippen molar-refractivity contribution in [1.82, 2.24) is 4.90 Å². The molecule has 0 saturated carbocycles. The molecule has 0 aliphatic heterocycles. The normalized spacial score (nSPS) is 12.1. The third-order valence-electron chi connectivity index (χ3n) is 2.87. The molecule has 0 unspecified atom stereocenters. The number of rotatable bonds is 5. The second-order valence-corrected chi connectivity index (χ2v) is 7.76. The van der Waals surface area contributed by atoms with E-state index in [1.54, 1.807) is 12.1 Å². The van der Waals surface area contributed by atoms with Crippen LogP contribution in [-0.4, -0.2) is 46.0 Å². The molecule has 0 aliphatic rings. The van der Waals surface area contributed by atoms with E-state index in [2.05, 4.69) is 0 Å². The van der Waals surface area contributed by atoms with E-state index in [0.29, 0.717) is 12.1 Å². The van der Waals surface area contributed by atoms with E-state index in [0.717, 1.165) is 6.26 Å². The highest BCUT2D eigenvalue weighted by molar-refractivity contribution is 7.90. The second kappa shape index (κ2) is 6.70. The van der Waals surface area contributed by atoms with Gasteiger partial charge in [0.15, 0.2) is 15.6 Å². The molecule has 0 bridgehead atoms. The van der Waals surface area contributed by atoms with Crippen molar-refractivity contribution in [1.29, 1.82) is 0 Å². The van der Waals surface area contributed by atoms with E-state index >= 15 is 0 Å². The van der Waals surface area contributed by atoms with Gasteiger partial charge in [0.05, 0.1) is 4.90 Å². The van der Waals surface area contributed by atoms with Crippen molar-refractivity contribution in [2.24, 2.45) is 5.41 Å². The van der Waals surface area contributed by atoms with Crippen molar-refractivity contribution in [3.8, 4) is 0 Å². The largest absolute Gasteiger partial charge is 0.308 e. The first-order valence-electron chi connectivity index (χ1n) is 6.04. The quantitative estimate of drug-likeness (QED) is 0.781. The van der Waals surface area contributed by atoms with Gasteiger partial charge < -0.3 is 4.90 Å². The maximum atomic E-state index is 12.4. The number of hydrogen-bond acceptors (Lipinski definition) is 4. The fraction of sp³-hybridized carbons (Fsp3) is 0.500. The van der Waals surface area contributed by atoms with Crippen LogP contribution in [0, 0.1) is 5.41 Å². The number of halogens is 1. The molecule has 4 nitrogen and oxygen atoms in total. The van der Waals surface area contributed by atoms with Crippen LogP contribution in [0.4, 0.5) is 0 Å². The summed E-state index contributed by atoms with van der Waals surface area (Å²) in [7, 11) is 0.618. The number of ketones is 1. The van der Waals surface area contributed by atoms with Gasteiger partial charge in [0, 0.05) is 23.8 Å². The van der Waals surface area contributed by atoms with E-state index < -0.39 is 15.3 Å². The summed E-state index contributed by atoms with van der Waals surface area (Å²) in [5.41, 5.74) is 0.0371. The zero-order chi connectivity index (χ0) is 14.8. The first-order valence-corrected chi connectivity index (χ1v) is 7.93. The third-order valence-corrected chi connectivity index (χ3v) is 4.00. The van der Waals surface area contributed by atoms with Gasteiger partial charge in [-0.15, -0.1) is 12.4 Å². The van der Waals surface area contributed by atoms with E-state index in [9.17, 15) is 13.2 Å². The van der Waals surface area contributed by atoms with Gasteiger partial charge in [-0.25, -0.2) is 8.42 Å². The molecular formula is C14H22ClNO3S. The summed E-state index contributed by atoms with van der Waals surface area (Å²) in [5, 5.41) is 0. The SMILES string of the molecule is CN(C)CC(C)(C)C(=O)c1ccc(S(C)(=O)=O)cc1.Cl. The molecule has 0 spiro atoms. The highest BCUT2D eigenvalue weighted by Gasteiger charge is 2.29. The highest BCUT2D eigenvalue weighted by atomic mass is 35.5. The van der Waals surface area contributed by atoms with Crippen molar-refractivity contribution in [2.75, 3.05) is 26.9 Å². The van der Waals surface area contributed by atoms with E-state index in [4.69, 9.17) is 0 Å². The van der Waals surface area contributed by atoms with Crippen molar-refractivity contribution >= 4 is 28.0 Å². The monoisotopic (exact) mass is 319 g/mol. The van der Waals surface area contributed by atoms with Gasteiger partial charge in [0.1, 0.15) is 0 Å². The molecule has 0 saturated heterocycles. The lowest BCUT2D eigenvalue weighted by Gasteiger charge is -2.26. The van der Waals surface area contributed by atoms with E-state index in [1.807, 2.05) is 32.8 Å². The lowest BCUT2D eigenvalue weighted by molar-refractivity contribution is 0.0797. The number of benzene rings is 1. The van der Waals surface area contributed by atoms with Crippen molar-refractivity contribution in [3.63, 3.8) is 0 Å². The van der Waals surface area contributed by atoms with Gasteiger partial charge in [-0.1, -0.05) is 26.0 Å². The zero-order valence-electron chi connectivity index (χ0n) is 12.5. The first-order chi connectivity index (χ1) is 8.54. The summed E-state index contributed by atoms with van der Waals surface area (Å²) in [6.07, 6.45) is 1.15. The predicted octanol–water partition coefficient (Wildman–Crippen LogP) is 2.28. The molecule has 1 aromatic rings. The van der Waals surface area contributed by atoms with Gasteiger partial charge in [-0.05, 0) is 26.2 Å². The fourth-order valence-corrected chi connectivity index (χ4v) is 2.74. The number of carbonyl (C=O) groups excluding carboxylic acids is 1. The number of hydrogen-bond donors (Lipinski definition) is 0. The van der Waals surface area contributed by atoms with Gasteiger partial charge in [-0.2, -0.15) is 0 Å². The van der Waals surface area contributed by atoms with Crippen LogP contribution in [-0.2, 0) is 9.84 Å². The lowest BCUT2D eigenvalue weighted by atomic mass is 9.84. The van der Waals surface area contributed by atoms with Gasteiger partial charge in [0.25, 0.3) is 0 Å². The molecule has 0 aromatic heterocycles. The summed E-state index contributed by atoms with van der Waals surface area (Å²) in [6.45, 7) is 4.42. The van der Waals surface area contributed by atoms with Gasteiger partial charge in [0.2, 0.25) is 0 Å². The van der Waals surface area contributed by atoms with Crippen molar-refractivity contribution in [3.05, 3.63) is 29.8 Å². The average Bonchev–Trinajstić information content (AvgIpc) is 2.25. The summed E-state index contributed by atoms with van der Waals surface area (Å²) in [6, 6.07) is 6.12. The van der Waals surface area contributed by atoms with Gasteiger partial charge in [-0.3, -0.25) is 4.79 Å². The Labute approximate surface area is 127 Å². The molecule has 1 rings (SSSR count). The minimum Gasteiger partial charge on any atom is -0.308 e. The molecule has 0 heterocycles. The number of sulfone groups is 1. The van der Waals surface area contributed by atoms with Crippen LogP contribution in [0.5, 0.6) is 0 Å². The maximum Gasteiger partial charge on any atom is 0.175 e. The van der Waals surface area contributed by atoms with Crippen LogP contribution in [0.3, 0.4) is 0 Å². The topological polar surface area (TPSA) is 54.5 Å². The van der Waals surface area contributed by atoms with Crippen LogP contribution in [0.25, 0.3) is 0 Å². The summed E-state index contributed by atoms with van der Waals surface area (Å²) in [5.74, 6) is 0.0150. The summed E-state index contributed by atoms with van der Waals surface area (Å²) < 4.78 is 22.7. The minimum absolute atomic E-state index is 0. The Morgan fingerprint density at radius 2 is 1.60 bits per heavy atom. The number of carbonyl (C=O) groups is 1. The Hall–Kier alpha value is -0.910. The first kappa shape index (κ1) is 19.1. The molecule has 1 aromatic carbocycles. The summed E-state index contributed by atoms with van der Waals surface area (Å²) >= 11 is 0. The molecule has 0 radical (unpaired) electrons. The summed E-state index contributed by atoms with van der Waals surface area (Å²) in [4.78, 5) is 14.6. The molecule has 0 N–H and O–H groups in total. The zero-order valence-corrected chi connectivity index (χ0v) is 14.1. The minimum atomic E-state index is -3.22. The molecule has 20 heavy (non-hydrogen) atoms. The molecule has 0 atom stereocenters. The van der Waals surface area contributed by atoms with Crippen LogP contribution < -0.4 is 0 Å². The van der Waals surface area contributed by atoms with Crippen LogP contribution in [0.15, 0.2) is 29.2 Å². The van der Waals surface area contributed by atoms with Crippen LogP contribution >= 0.6 is 12.4 Å². The lowest BCUT2D eigenvalue weighted by Crippen LogP contribution is -2.35. The molecule has 114 valence electrons. The van der Waals surface area contributed by atoms with Crippen LogP contribution in [0.1, 0.15) is 24.2 Å². The average molecular weight is 320 g/mol. The van der Waals surface area contributed by atoms with Crippen LogP contribution in [0.2, 0.25) is 0 Å². The Kier molecular flexibility index (Phi) is 6.39. The highest BCUT2D eigenvalue weighted by Crippen LogP contribution is 2.23. The Morgan fingerprint density at radius 1 is 1.15 bits per heavy atom. The van der Waals surface area contributed by atoms with Crippen molar-refractivity contribution in [2.45, 2.75) is 18.7 Å². The molecule has 6 heteroatoms. The number of Topliss-reactive ketones (excluding diaryl/α,β-unsaturated/α-hetero) is 1. The van der Waals surface area contributed by atoms with E-state index in [1.165, 1.54) is 12.1 Å². The van der Waals surface area contributed by atoms with Gasteiger partial charge >= 0.3 is 0 Å². The molecule has 0 aliphatic carbocycles. The standard InChI is InChI=1S/C14H21NO3S.ClH/c1-14(2,10-15(3)4)13(16)11-6-8-12(9-7-11)19(5,17)18;/h6-9H,10H2,1-5H3;1H. The second-order valence-electron chi connectivity index (χ2n) is 5.75. The molecule has 0 fully saturated rings. The van der Waals surface area contributed by atoms with E-state index in [-0.39, 0.29) is 23.1 Å². The molecule has 0 amide bonds. The Morgan fingerprint density at radius 3 is 1.95 bits per heavy atom. The third kappa shape index (κ3) is 4.89. The smallest absolute Gasteiger partial charge is 0.175 e. The maximum absolute atomic E-state index is 12.4. The number of nitrogens with zero attached hydrogens (tertiary/aromatic N) is 1.